The Morgan fingerprint density at radius 3 is 2.74 bits per heavy atom. The first kappa shape index (κ1) is 22.4. The van der Waals surface area contributed by atoms with Gasteiger partial charge in [-0.05, 0) is 79.2 Å². The zero-order chi connectivity index (χ0) is 23.8. The van der Waals surface area contributed by atoms with Crippen molar-refractivity contribution in [3.63, 3.8) is 0 Å². The molecule has 3 heterocycles. The number of nitrogens with two attached hydrogens (primary N) is 1. The van der Waals surface area contributed by atoms with Crippen LogP contribution in [-0.2, 0) is 4.79 Å². The molecule has 4 aromatic rings. The van der Waals surface area contributed by atoms with Gasteiger partial charge in [0, 0.05) is 29.1 Å². The molecule has 0 bridgehead atoms. The summed E-state index contributed by atoms with van der Waals surface area (Å²) in [5.41, 5.74) is 12.1. The summed E-state index contributed by atoms with van der Waals surface area (Å²) in [5, 5.41) is 5.62. The molecule has 1 aliphatic carbocycles. The quantitative estimate of drug-likeness (QED) is 0.379. The second kappa shape index (κ2) is 9.12. The monoisotopic (exact) mass is 459 g/mol. The lowest BCUT2D eigenvalue weighted by molar-refractivity contribution is -0.118. The Balaban J connectivity index is 1.48. The van der Waals surface area contributed by atoms with Crippen LogP contribution in [0.5, 0.6) is 5.75 Å². The Kier molecular flexibility index (Phi) is 6.02. The third kappa shape index (κ3) is 4.15. The Morgan fingerprint density at radius 2 is 2.03 bits per heavy atom. The zero-order valence-electron chi connectivity index (χ0n) is 20.2. The van der Waals surface area contributed by atoms with E-state index in [-0.39, 0.29) is 5.91 Å². The van der Waals surface area contributed by atoms with Crippen molar-refractivity contribution >= 4 is 22.5 Å². The van der Waals surface area contributed by atoms with Crippen LogP contribution in [0.25, 0.3) is 27.8 Å². The van der Waals surface area contributed by atoms with Crippen molar-refractivity contribution in [3.05, 3.63) is 47.9 Å². The predicted octanol–water partition coefficient (Wildman–Crippen LogP) is 5.55. The summed E-state index contributed by atoms with van der Waals surface area (Å²) in [6.07, 6.45) is 9.68. The first-order valence-electron chi connectivity index (χ1n) is 12.3. The normalized spacial score (nSPS) is 18.7. The number of nitrogens with one attached hydrogen (secondary N) is 1. The first-order valence-corrected chi connectivity index (χ1v) is 12.3. The Bertz CT molecular complexity index is 1330. The summed E-state index contributed by atoms with van der Waals surface area (Å²) >= 11 is 0. The number of amides is 1. The number of carbonyl (C=O) groups is 1. The zero-order valence-corrected chi connectivity index (χ0v) is 20.2. The second-order valence-corrected chi connectivity index (χ2v) is 9.92. The van der Waals surface area contributed by atoms with Crippen molar-refractivity contribution < 1.29 is 9.53 Å². The summed E-state index contributed by atoms with van der Waals surface area (Å²) in [7, 11) is 1.66. The second-order valence-electron chi connectivity index (χ2n) is 9.92. The molecule has 7 nitrogen and oxygen atoms in total. The molecule has 0 atom stereocenters. The summed E-state index contributed by atoms with van der Waals surface area (Å²) in [6.45, 7) is 4.49. The van der Waals surface area contributed by atoms with E-state index >= 15 is 0 Å². The summed E-state index contributed by atoms with van der Waals surface area (Å²) in [6, 6.07) is 8.94. The van der Waals surface area contributed by atoms with Gasteiger partial charge in [0.1, 0.15) is 6.33 Å². The number of H-pyrrole nitrogens is 1. The number of benzene rings is 1. The third-order valence-corrected chi connectivity index (χ3v) is 7.41. The lowest BCUT2D eigenvalue weighted by Crippen LogP contribution is -2.17. The van der Waals surface area contributed by atoms with Crippen molar-refractivity contribution in [3.8, 4) is 17.0 Å². The van der Waals surface area contributed by atoms with Gasteiger partial charge >= 0.3 is 0 Å². The molecule has 0 aliphatic heterocycles. The van der Waals surface area contributed by atoms with E-state index in [1.165, 1.54) is 42.2 Å². The topological polar surface area (TPSA) is 98.3 Å². The van der Waals surface area contributed by atoms with E-state index < -0.39 is 0 Å². The number of pyridine rings is 1. The van der Waals surface area contributed by atoms with Gasteiger partial charge in [0.25, 0.3) is 0 Å². The van der Waals surface area contributed by atoms with Crippen LogP contribution in [0.3, 0.4) is 0 Å². The van der Waals surface area contributed by atoms with Gasteiger partial charge in [-0.2, -0.15) is 5.10 Å². The highest BCUT2D eigenvalue weighted by Gasteiger charge is 2.24. The van der Waals surface area contributed by atoms with E-state index in [1.54, 1.807) is 18.0 Å². The van der Waals surface area contributed by atoms with E-state index in [4.69, 9.17) is 10.5 Å². The molecule has 7 heteroatoms. The van der Waals surface area contributed by atoms with Crippen LogP contribution in [0.1, 0.15) is 75.3 Å². The maximum Gasteiger partial charge on any atom is 0.217 e. The van der Waals surface area contributed by atoms with Gasteiger partial charge < -0.3 is 15.5 Å². The van der Waals surface area contributed by atoms with Crippen molar-refractivity contribution in [2.24, 2.45) is 11.7 Å². The van der Waals surface area contributed by atoms with Crippen LogP contribution in [0, 0.1) is 5.92 Å². The summed E-state index contributed by atoms with van der Waals surface area (Å²) in [4.78, 5) is 19.1. The predicted molar refractivity (Wildman–Crippen MR) is 134 cm³/mol. The van der Waals surface area contributed by atoms with E-state index in [9.17, 15) is 4.79 Å². The molecule has 1 saturated carbocycles. The maximum atomic E-state index is 11.1. The SMILES string of the molecule is COc1cc(-c2[nH]c3ccc(C4CCC(CCC(N)=O)CC4)cc3c2C(C)C)cn2ncnc12. The molecular formula is C27H33N5O2. The average Bonchev–Trinajstić information content (AvgIpc) is 3.46. The highest BCUT2D eigenvalue weighted by Crippen LogP contribution is 2.41. The molecule has 3 N–H and O–H groups in total. The van der Waals surface area contributed by atoms with Gasteiger partial charge in [-0.15, -0.1) is 0 Å². The molecule has 0 saturated heterocycles. The number of fused-ring (bicyclic) bond motifs is 2. The van der Waals surface area contributed by atoms with Crippen LogP contribution in [0.2, 0.25) is 0 Å². The molecular weight excluding hydrogens is 426 g/mol. The van der Waals surface area contributed by atoms with Gasteiger partial charge in [-0.1, -0.05) is 19.9 Å². The van der Waals surface area contributed by atoms with E-state index in [2.05, 4.69) is 47.1 Å². The fourth-order valence-corrected chi connectivity index (χ4v) is 5.63. The summed E-state index contributed by atoms with van der Waals surface area (Å²) < 4.78 is 7.37. The molecule has 0 unspecified atom stereocenters. The maximum absolute atomic E-state index is 11.1. The number of ether oxygens (including phenoxy) is 1. The number of primary amides is 1. The van der Waals surface area contributed by atoms with E-state index in [1.807, 2.05) is 12.3 Å². The minimum atomic E-state index is -0.183. The van der Waals surface area contributed by atoms with Crippen LogP contribution >= 0.6 is 0 Å². The molecule has 5 rings (SSSR count). The van der Waals surface area contributed by atoms with Crippen LogP contribution in [0.15, 0.2) is 36.8 Å². The van der Waals surface area contributed by atoms with Gasteiger partial charge in [-0.25, -0.2) is 9.50 Å². The Labute approximate surface area is 199 Å². The number of hydrogen-bond donors (Lipinski definition) is 2. The first-order chi connectivity index (χ1) is 16.4. The van der Waals surface area contributed by atoms with Crippen molar-refractivity contribution in [1.29, 1.82) is 0 Å². The standard InChI is InChI=1S/C27H33N5O2/c1-16(2)25-21-12-19(18-7-4-17(5-8-18)6-11-24(28)33)9-10-22(21)31-26(25)20-13-23(34-3)27-29-15-30-32(27)14-20/h9-10,12-18,31H,4-8,11H2,1-3H3,(H2,28,33). The number of rotatable bonds is 7. The van der Waals surface area contributed by atoms with Gasteiger partial charge in [0.15, 0.2) is 11.4 Å². The van der Waals surface area contributed by atoms with Crippen LogP contribution in [-0.4, -0.2) is 32.6 Å². The molecule has 3 aromatic heterocycles. The fraction of sp³-hybridized carbons (Fsp3) is 0.444. The number of methoxy groups -OCH3 is 1. The molecule has 1 amide bonds. The third-order valence-electron chi connectivity index (χ3n) is 7.41. The molecule has 178 valence electrons. The van der Waals surface area contributed by atoms with Crippen molar-refractivity contribution in [2.45, 2.75) is 64.2 Å². The number of carbonyl (C=O) groups excluding carboxylic acids is 1. The van der Waals surface area contributed by atoms with Crippen molar-refractivity contribution in [2.75, 3.05) is 7.11 Å². The molecule has 1 aromatic carbocycles. The largest absolute Gasteiger partial charge is 0.493 e. The van der Waals surface area contributed by atoms with Gasteiger partial charge in [-0.3, -0.25) is 4.79 Å². The minimum Gasteiger partial charge on any atom is -0.493 e. The molecule has 1 aliphatic rings. The van der Waals surface area contributed by atoms with Crippen LogP contribution in [0.4, 0.5) is 0 Å². The van der Waals surface area contributed by atoms with Gasteiger partial charge in [0.2, 0.25) is 5.91 Å². The van der Waals surface area contributed by atoms with Gasteiger partial charge in [0.05, 0.1) is 12.8 Å². The smallest absolute Gasteiger partial charge is 0.217 e. The molecule has 34 heavy (non-hydrogen) atoms. The fourth-order valence-electron chi connectivity index (χ4n) is 5.63. The lowest BCUT2D eigenvalue weighted by Gasteiger charge is -2.28. The van der Waals surface area contributed by atoms with E-state index in [0.29, 0.717) is 35.6 Å². The Hall–Kier alpha value is -3.35. The minimum absolute atomic E-state index is 0.183. The number of aromatic amines is 1. The molecule has 0 spiro atoms. The molecule has 1 fully saturated rings. The lowest BCUT2D eigenvalue weighted by atomic mass is 9.77. The number of nitrogens with zero attached hydrogens (tertiary/aromatic N) is 3. The highest BCUT2D eigenvalue weighted by molar-refractivity contribution is 5.92. The molecule has 0 radical (unpaired) electrons. The number of hydrogen-bond acceptors (Lipinski definition) is 4. The van der Waals surface area contributed by atoms with Crippen LogP contribution < -0.4 is 10.5 Å². The summed E-state index contributed by atoms with van der Waals surface area (Å²) in [5.74, 6) is 2.06. The highest BCUT2D eigenvalue weighted by atomic mass is 16.5. The average molecular weight is 460 g/mol. The van der Waals surface area contributed by atoms with Crippen molar-refractivity contribution in [1.82, 2.24) is 19.6 Å². The van der Waals surface area contributed by atoms with E-state index in [0.717, 1.165) is 23.2 Å². The number of aromatic nitrogens is 4. The Morgan fingerprint density at radius 1 is 1.24 bits per heavy atom.